The quantitative estimate of drug-likeness (QED) is 0.150. The van der Waals surface area contributed by atoms with E-state index in [4.69, 9.17) is 4.74 Å². The molecule has 2 N–H and O–H groups in total. The van der Waals surface area contributed by atoms with Crippen molar-refractivity contribution < 1.29 is 19.4 Å². The summed E-state index contributed by atoms with van der Waals surface area (Å²) in [6.45, 7) is 4.74. The smallest absolute Gasteiger partial charge is 0.339 e. The summed E-state index contributed by atoms with van der Waals surface area (Å²) in [5.74, 6) is -1.60. The summed E-state index contributed by atoms with van der Waals surface area (Å²) >= 11 is 0. The number of carboxylic acids is 1. The number of aromatic nitrogens is 1. The second-order valence-electron chi connectivity index (χ2n) is 9.67. The van der Waals surface area contributed by atoms with Gasteiger partial charge in [0.25, 0.3) is 0 Å². The molecule has 0 radical (unpaired) electrons. The number of esters is 1. The Hall–Kier alpha value is -3.08. The Kier molecular flexibility index (Phi) is 14.8. The van der Waals surface area contributed by atoms with Crippen LogP contribution in [0.1, 0.15) is 117 Å². The first-order valence-electron chi connectivity index (χ1n) is 14.1. The zero-order chi connectivity index (χ0) is 26.7. The van der Waals surface area contributed by atoms with Crippen LogP contribution < -0.4 is 0 Å². The number of benzene rings is 2. The second-order valence-corrected chi connectivity index (χ2v) is 9.67. The summed E-state index contributed by atoms with van der Waals surface area (Å²) in [6.07, 6.45) is 16.7. The number of aryl methyl sites for hydroxylation is 1. The number of hydrogen-bond acceptors (Lipinski definition) is 3. The molecule has 5 heteroatoms. The maximum atomic E-state index is 12.4. The van der Waals surface area contributed by atoms with Crippen LogP contribution in [0.2, 0.25) is 0 Å². The number of fused-ring (bicyclic) bond motifs is 1. The van der Waals surface area contributed by atoms with Crippen molar-refractivity contribution in [2.24, 2.45) is 0 Å². The van der Waals surface area contributed by atoms with Crippen LogP contribution in [0.25, 0.3) is 10.9 Å². The number of ether oxygens (including phenoxy) is 1. The highest BCUT2D eigenvalue weighted by molar-refractivity contribution is 6.02. The number of carbonyl (C=O) groups is 2. The highest BCUT2D eigenvalue weighted by Gasteiger charge is 2.18. The summed E-state index contributed by atoms with van der Waals surface area (Å²) < 4.78 is 5.35. The summed E-state index contributed by atoms with van der Waals surface area (Å²) in [5.41, 5.74) is 2.42. The Morgan fingerprint density at radius 1 is 0.757 bits per heavy atom. The predicted octanol–water partition coefficient (Wildman–Crippen LogP) is 8.97. The molecule has 1 heterocycles. The summed E-state index contributed by atoms with van der Waals surface area (Å²) in [5, 5.41) is 10.7. The minimum absolute atomic E-state index is 0.0274. The molecule has 3 aromatic rings. The molecule has 3 rings (SSSR count). The highest BCUT2D eigenvalue weighted by Crippen LogP contribution is 2.17. The number of carboxylic acid groups (broad SMARTS) is 1. The van der Waals surface area contributed by atoms with Crippen LogP contribution in [0.5, 0.6) is 0 Å². The van der Waals surface area contributed by atoms with Gasteiger partial charge in [-0.25, -0.2) is 9.59 Å². The van der Waals surface area contributed by atoms with Crippen molar-refractivity contribution >= 4 is 22.8 Å². The number of aromatic carboxylic acids is 1. The topological polar surface area (TPSA) is 79.4 Å². The second kappa shape index (κ2) is 18.2. The van der Waals surface area contributed by atoms with E-state index in [1.54, 1.807) is 6.07 Å². The van der Waals surface area contributed by atoms with Crippen LogP contribution in [0.15, 0.2) is 54.7 Å². The van der Waals surface area contributed by atoms with E-state index < -0.39 is 11.9 Å². The average molecular weight is 508 g/mol. The van der Waals surface area contributed by atoms with Gasteiger partial charge in [-0.1, -0.05) is 102 Å². The normalized spacial score (nSPS) is 10.6. The molecule has 0 atom stereocenters. The zero-order valence-electron chi connectivity index (χ0n) is 22.8. The fraction of sp³-hybridized carbons (Fsp3) is 0.500. The highest BCUT2D eigenvalue weighted by atomic mass is 16.5. The van der Waals surface area contributed by atoms with Gasteiger partial charge in [0.2, 0.25) is 0 Å². The van der Waals surface area contributed by atoms with E-state index in [1.807, 2.05) is 24.4 Å². The molecular formula is C32H45NO4. The minimum Gasteiger partial charge on any atom is -0.478 e. The van der Waals surface area contributed by atoms with Gasteiger partial charge in [-0.2, -0.15) is 0 Å². The number of H-pyrrole nitrogens is 1. The van der Waals surface area contributed by atoms with Crippen molar-refractivity contribution in [3.05, 3.63) is 71.4 Å². The first kappa shape index (κ1) is 30.1. The molecule has 0 saturated carbocycles. The molecule has 202 valence electrons. The third-order valence-corrected chi connectivity index (χ3v) is 6.55. The van der Waals surface area contributed by atoms with Crippen LogP contribution in [-0.2, 0) is 11.2 Å². The SMILES string of the molecule is CCCCCCCCOC(=O)c1cc(CCCCCCCC)ccc1C(=O)O.c1ccc2[nH]ccc2c1. The van der Waals surface area contributed by atoms with Gasteiger partial charge in [-0.3, -0.25) is 0 Å². The lowest BCUT2D eigenvalue weighted by Crippen LogP contribution is -2.13. The third-order valence-electron chi connectivity index (χ3n) is 6.55. The molecule has 37 heavy (non-hydrogen) atoms. The number of para-hydroxylation sites is 1. The van der Waals surface area contributed by atoms with Gasteiger partial charge >= 0.3 is 11.9 Å². The number of aromatic amines is 1. The number of unbranched alkanes of at least 4 members (excludes halogenated alkanes) is 10. The maximum Gasteiger partial charge on any atom is 0.339 e. The minimum atomic E-state index is -1.09. The molecule has 0 aliphatic heterocycles. The van der Waals surface area contributed by atoms with E-state index in [2.05, 4.69) is 37.0 Å². The van der Waals surface area contributed by atoms with Crippen molar-refractivity contribution in [1.82, 2.24) is 4.98 Å². The maximum absolute atomic E-state index is 12.4. The van der Waals surface area contributed by atoms with Crippen LogP contribution in [0, 0.1) is 0 Å². The lowest BCUT2D eigenvalue weighted by atomic mass is 9.99. The van der Waals surface area contributed by atoms with E-state index in [0.717, 1.165) is 37.7 Å². The van der Waals surface area contributed by atoms with E-state index in [0.29, 0.717) is 6.61 Å². The monoisotopic (exact) mass is 507 g/mol. The molecule has 0 amide bonds. The molecule has 2 aromatic carbocycles. The molecule has 0 spiro atoms. The van der Waals surface area contributed by atoms with E-state index in [9.17, 15) is 14.7 Å². The van der Waals surface area contributed by atoms with Crippen LogP contribution >= 0.6 is 0 Å². The van der Waals surface area contributed by atoms with Crippen LogP contribution in [0.3, 0.4) is 0 Å². The van der Waals surface area contributed by atoms with E-state index >= 15 is 0 Å². The number of nitrogens with one attached hydrogen (secondary N) is 1. The largest absolute Gasteiger partial charge is 0.478 e. The number of carbonyl (C=O) groups excluding carboxylic acids is 1. The van der Waals surface area contributed by atoms with Gasteiger partial charge in [0.1, 0.15) is 0 Å². The Morgan fingerprint density at radius 3 is 2.08 bits per heavy atom. The lowest BCUT2D eigenvalue weighted by Gasteiger charge is -2.10. The molecule has 0 fully saturated rings. The standard InChI is InChI=1S/C24H38O4.C8H7N/c1-3-5-7-9-11-13-15-20-16-17-21(23(25)26)22(19-20)24(27)28-18-14-12-10-8-6-4-2;1-2-4-8-7(3-1)5-6-9-8/h16-17,19H,3-15,18H2,1-2H3,(H,25,26);1-6,9H. The fourth-order valence-corrected chi connectivity index (χ4v) is 4.33. The van der Waals surface area contributed by atoms with Gasteiger partial charge < -0.3 is 14.8 Å². The molecule has 0 aliphatic carbocycles. The first-order valence-corrected chi connectivity index (χ1v) is 14.1. The Balaban J connectivity index is 0.000000439. The van der Waals surface area contributed by atoms with Crippen molar-refractivity contribution in [2.45, 2.75) is 97.3 Å². The van der Waals surface area contributed by atoms with E-state index in [1.165, 1.54) is 68.3 Å². The zero-order valence-corrected chi connectivity index (χ0v) is 22.8. The van der Waals surface area contributed by atoms with Gasteiger partial charge in [0.15, 0.2) is 0 Å². The Morgan fingerprint density at radius 2 is 1.41 bits per heavy atom. The summed E-state index contributed by atoms with van der Waals surface area (Å²) in [7, 11) is 0. The number of hydrogen-bond donors (Lipinski definition) is 2. The Labute approximate surface area is 222 Å². The van der Waals surface area contributed by atoms with Crippen LogP contribution in [-0.4, -0.2) is 28.6 Å². The van der Waals surface area contributed by atoms with Crippen LogP contribution in [0.4, 0.5) is 0 Å². The van der Waals surface area contributed by atoms with Gasteiger partial charge in [0, 0.05) is 11.7 Å². The molecular weight excluding hydrogens is 462 g/mol. The molecule has 0 unspecified atom stereocenters. The fourth-order valence-electron chi connectivity index (χ4n) is 4.33. The van der Waals surface area contributed by atoms with Crippen molar-refractivity contribution in [2.75, 3.05) is 6.61 Å². The summed E-state index contributed by atoms with van der Waals surface area (Å²) in [6, 6.07) is 15.3. The Bertz CT molecular complexity index is 1030. The molecule has 5 nitrogen and oxygen atoms in total. The van der Waals surface area contributed by atoms with Gasteiger partial charge in [-0.15, -0.1) is 0 Å². The first-order chi connectivity index (χ1) is 18.1. The lowest BCUT2D eigenvalue weighted by molar-refractivity contribution is 0.0487. The van der Waals surface area contributed by atoms with E-state index in [-0.39, 0.29) is 11.1 Å². The average Bonchev–Trinajstić information content (AvgIpc) is 3.39. The predicted molar refractivity (Wildman–Crippen MR) is 152 cm³/mol. The van der Waals surface area contributed by atoms with Crippen molar-refractivity contribution in [1.29, 1.82) is 0 Å². The molecule has 0 bridgehead atoms. The van der Waals surface area contributed by atoms with Crippen molar-refractivity contribution in [3.8, 4) is 0 Å². The molecule has 0 saturated heterocycles. The molecule has 0 aliphatic rings. The number of rotatable bonds is 16. The third kappa shape index (κ3) is 11.7. The molecule has 1 aromatic heterocycles. The van der Waals surface area contributed by atoms with Crippen molar-refractivity contribution in [3.63, 3.8) is 0 Å². The summed E-state index contributed by atoms with van der Waals surface area (Å²) in [4.78, 5) is 27.0. The van der Waals surface area contributed by atoms with Gasteiger partial charge in [0.05, 0.1) is 17.7 Å². The van der Waals surface area contributed by atoms with Gasteiger partial charge in [-0.05, 0) is 54.5 Å².